The van der Waals surface area contributed by atoms with Crippen LogP contribution in [0.5, 0.6) is 11.5 Å². The molecule has 30 heavy (non-hydrogen) atoms. The van der Waals surface area contributed by atoms with Gasteiger partial charge >= 0.3 is 0 Å². The van der Waals surface area contributed by atoms with Crippen molar-refractivity contribution in [2.24, 2.45) is 0 Å². The third-order valence-electron chi connectivity index (χ3n) is 4.47. The smallest absolute Gasteiger partial charge is 0.272 e. The van der Waals surface area contributed by atoms with Gasteiger partial charge in [0.05, 0.1) is 14.2 Å². The van der Waals surface area contributed by atoms with E-state index in [4.69, 9.17) is 21.1 Å². The van der Waals surface area contributed by atoms with E-state index in [9.17, 15) is 4.79 Å². The van der Waals surface area contributed by atoms with Crippen LogP contribution in [0, 0.1) is 6.92 Å². The van der Waals surface area contributed by atoms with Gasteiger partial charge in [0.1, 0.15) is 17.2 Å². The normalized spacial score (nSPS) is 11.3. The number of methoxy groups -OCH3 is 2. The number of halogens is 1. The van der Waals surface area contributed by atoms with Gasteiger partial charge in [-0.05, 0) is 59.3 Å². The monoisotopic (exact) mass is 427 g/mol. The third kappa shape index (κ3) is 4.77. The molecule has 0 unspecified atom stereocenters. The van der Waals surface area contributed by atoms with E-state index in [-0.39, 0.29) is 5.91 Å². The molecule has 0 atom stereocenters. The average Bonchev–Trinajstić information content (AvgIpc) is 3.17. The molecule has 1 amide bonds. The minimum absolute atomic E-state index is 0.268. The molecule has 1 heterocycles. The number of carbonyl (C=O) groups excluding carboxylic acids is 1. The quantitative estimate of drug-likeness (QED) is 0.538. The molecule has 9 heteroatoms. The molecular weight excluding hydrogens is 406 g/mol. The molecule has 1 aromatic heterocycles. The molecule has 3 rings (SSSR count). The minimum Gasteiger partial charge on any atom is -0.497 e. The lowest BCUT2D eigenvalue weighted by Gasteiger charge is -2.20. The van der Waals surface area contributed by atoms with Crippen molar-refractivity contribution in [2.45, 2.75) is 13.5 Å². The molecule has 0 saturated carbocycles. The van der Waals surface area contributed by atoms with Crippen LogP contribution in [0.25, 0.3) is 11.8 Å². The van der Waals surface area contributed by atoms with E-state index in [0.29, 0.717) is 34.6 Å². The zero-order chi connectivity index (χ0) is 21.7. The molecule has 0 aliphatic carbocycles. The molecule has 0 bridgehead atoms. The van der Waals surface area contributed by atoms with Crippen molar-refractivity contribution >= 4 is 29.3 Å². The van der Waals surface area contributed by atoms with Crippen molar-refractivity contribution in [1.29, 1.82) is 0 Å². The first-order valence-electron chi connectivity index (χ1n) is 9.12. The highest BCUT2D eigenvalue weighted by atomic mass is 35.5. The zero-order valence-electron chi connectivity index (χ0n) is 17.2. The lowest BCUT2D eigenvalue weighted by atomic mass is 10.1. The van der Waals surface area contributed by atoms with Crippen molar-refractivity contribution in [3.8, 4) is 11.5 Å². The van der Waals surface area contributed by atoms with Gasteiger partial charge in [0.15, 0.2) is 5.82 Å². The van der Waals surface area contributed by atoms with Crippen molar-refractivity contribution < 1.29 is 14.3 Å². The SMILES string of the molecule is COc1cccc(/C=C(/C(=O)N(C)Cc2cc(Cl)ccc2OC)n2nnnc2C)c1. The largest absolute Gasteiger partial charge is 0.497 e. The Bertz CT molecular complexity index is 1080. The van der Waals surface area contributed by atoms with Crippen LogP contribution in [-0.2, 0) is 11.3 Å². The van der Waals surface area contributed by atoms with Crippen LogP contribution < -0.4 is 9.47 Å². The molecule has 0 aliphatic heterocycles. The third-order valence-corrected chi connectivity index (χ3v) is 4.70. The fourth-order valence-corrected chi connectivity index (χ4v) is 3.15. The maximum atomic E-state index is 13.4. The number of nitrogens with zero attached hydrogens (tertiary/aromatic N) is 5. The Hall–Kier alpha value is -3.39. The Morgan fingerprint density at radius 1 is 1.20 bits per heavy atom. The highest BCUT2D eigenvalue weighted by Crippen LogP contribution is 2.25. The number of hydrogen-bond donors (Lipinski definition) is 0. The highest BCUT2D eigenvalue weighted by Gasteiger charge is 2.21. The fraction of sp³-hybridized carbons (Fsp3) is 0.238. The van der Waals surface area contributed by atoms with Gasteiger partial charge in [0.2, 0.25) is 0 Å². The summed E-state index contributed by atoms with van der Waals surface area (Å²) in [6.45, 7) is 2.02. The number of rotatable bonds is 7. The van der Waals surface area contributed by atoms with Crippen LogP contribution >= 0.6 is 11.6 Å². The minimum atomic E-state index is -0.268. The van der Waals surface area contributed by atoms with E-state index in [1.54, 1.807) is 57.4 Å². The first-order chi connectivity index (χ1) is 14.4. The predicted octanol–water partition coefficient (Wildman–Crippen LogP) is 3.31. The molecule has 0 fully saturated rings. The first kappa shape index (κ1) is 21.3. The Balaban J connectivity index is 1.97. The van der Waals surface area contributed by atoms with Crippen LogP contribution in [0.15, 0.2) is 42.5 Å². The second kappa shape index (κ2) is 9.41. The second-order valence-electron chi connectivity index (χ2n) is 6.56. The number of amides is 1. The molecule has 0 N–H and O–H groups in total. The lowest BCUT2D eigenvalue weighted by molar-refractivity contribution is -0.124. The maximum Gasteiger partial charge on any atom is 0.272 e. The summed E-state index contributed by atoms with van der Waals surface area (Å²) in [5.41, 5.74) is 1.87. The number of tetrazole rings is 1. The molecular formula is C21H22ClN5O3. The van der Waals surface area contributed by atoms with Gasteiger partial charge in [-0.25, -0.2) is 0 Å². The summed E-state index contributed by atoms with van der Waals surface area (Å²) in [4.78, 5) is 14.9. The number of likely N-dealkylation sites (N-methyl/N-ethyl adjacent to an activating group) is 1. The number of ether oxygens (including phenoxy) is 2. The summed E-state index contributed by atoms with van der Waals surface area (Å²) in [6.07, 6.45) is 1.72. The molecule has 156 valence electrons. The van der Waals surface area contributed by atoms with Gasteiger partial charge in [0.25, 0.3) is 5.91 Å². The maximum absolute atomic E-state index is 13.4. The number of aromatic nitrogens is 4. The lowest BCUT2D eigenvalue weighted by Crippen LogP contribution is -2.29. The summed E-state index contributed by atoms with van der Waals surface area (Å²) in [5, 5.41) is 12.1. The number of benzene rings is 2. The average molecular weight is 428 g/mol. The van der Waals surface area contributed by atoms with Crippen molar-refractivity contribution in [3.05, 3.63) is 64.4 Å². The summed E-state index contributed by atoms with van der Waals surface area (Å²) in [5.74, 6) is 1.55. The standard InChI is InChI=1S/C21H22ClN5O3/c1-14-23-24-25-27(14)19(11-15-6-5-7-18(10-15)29-3)21(28)26(2)13-16-12-17(22)8-9-20(16)30-4/h5-12H,13H2,1-4H3/b19-11-. The zero-order valence-corrected chi connectivity index (χ0v) is 17.9. The van der Waals surface area contributed by atoms with Crippen LogP contribution in [-0.4, -0.2) is 52.3 Å². The summed E-state index contributed by atoms with van der Waals surface area (Å²) in [6, 6.07) is 12.7. The molecule has 0 saturated heterocycles. The van der Waals surface area contributed by atoms with E-state index >= 15 is 0 Å². The van der Waals surface area contributed by atoms with Crippen molar-refractivity contribution in [1.82, 2.24) is 25.1 Å². The topological polar surface area (TPSA) is 82.4 Å². The summed E-state index contributed by atoms with van der Waals surface area (Å²) >= 11 is 6.12. The Labute approximate surface area is 179 Å². The van der Waals surface area contributed by atoms with E-state index in [0.717, 1.165) is 11.1 Å². The van der Waals surface area contributed by atoms with Gasteiger partial charge in [-0.15, -0.1) is 5.10 Å². The number of aryl methyl sites for hydroxylation is 1. The Kier molecular flexibility index (Phi) is 6.68. The van der Waals surface area contributed by atoms with Gasteiger partial charge in [-0.2, -0.15) is 4.68 Å². The van der Waals surface area contributed by atoms with E-state index < -0.39 is 0 Å². The number of hydrogen-bond acceptors (Lipinski definition) is 6. The highest BCUT2D eigenvalue weighted by molar-refractivity contribution is 6.30. The molecule has 0 radical (unpaired) electrons. The van der Waals surface area contributed by atoms with Gasteiger partial charge in [-0.1, -0.05) is 23.7 Å². The molecule has 3 aromatic rings. The van der Waals surface area contributed by atoms with Crippen molar-refractivity contribution in [3.63, 3.8) is 0 Å². The molecule has 2 aromatic carbocycles. The van der Waals surface area contributed by atoms with Gasteiger partial charge in [-0.3, -0.25) is 4.79 Å². The van der Waals surface area contributed by atoms with Crippen molar-refractivity contribution in [2.75, 3.05) is 21.3 Å². The molecule has 0 spiro atoms. The van der Waals surface area contributed by atoms with Crippen LogP contribution in [0.2, 0.25) is 5.02 Å². The fourth-order valence-electron chi connectivity index (χ4n) is 2.95. The van der Waals surface area contributed by atoms with E-state index in [1.165, 1.54) is 4.68 Å². The molecule has 0 aliphatic rings. The molecule has 8 nitrogen and oxygen atoms in total. The van der Waals surface area contributed by atoms with Crippen LogP contribution in [0.4, 0.5) is 0 Å². The van der Waals surface area contributed by atoms with E-state index in [2.05, 4.69) is 15.5 Å². The van der Waals surface area contributed by atoms with E-state index in [1.807, 2.05) is 24.3 Å². The number of carbonyl (C=O) groups is 1. The summed E-state index contributed by atoms with van der Waals surface area (Å²) in [7, 11) is 4.86. The second-order valence-corrected chi connectivity index (χ2v) is 7.00. The predicted molar refractivity (Wildman–Crippen MR) is 114 cm³/mol. The Morgan fingerprint density at radius 3 is 2.67 bits per heavy atom. The van der Waals surface area contributed by atoms with Gasteiger partial charge < -0.3 is 14.4 Å². The Morgan fingerprint density at radius 2 is 2.00 bits per heavy atom. The van der Waals surface area contributed by atoms with Crippen LogP contribution in [0.1, 0.15) is 17.0 Å². The van der Waals surface area contributed by atoms with Gasteiger partial charge in [0, 0.05) is 24.2 Å². The van der Waals surface area contributed by atoms with Crippen LogP contribution in [0.3, 0.4) is 0 Å². The summed E-state index contributed by atoms with van der Waals surface area (Å²) < 4.78 is 12.1. The first-order valence-corrected chi connectivity index (χ1v) is 9.49.